The Morgan fingerprint density at radius 2 is 1.22 bits per heavy atom. The SMILES string of the molecule is Cc1ccc(C(=O)C[S+](c2ccccc2)c2ccccc2)cc1. The first-order chi connectivity index (χ1) is 11.2. The van der Waals surface area contributed by atoms with Crippen LogP contribution >= 0.6 is 0 Å². The summed E-state index contributed by atoms with van der Waals surface area (Å²) in [6.07, 6.45) is 0. The summed E-state index contributed by atoms with van der Waals surface area (Å²) in [6.45, 7) is 2.03. The average molecular weight is 319 g/mol. The number of aryl methyl sites for hydroxylation is 1. The Kier molecular flexibility index (Phi) is 4.94. The molecule has 0 fully saturated rings. The van der Waals surface area contributed by atoms with Crippen molar-refractivity contribution >= 4 is 16.7 Å². The maximum absolute atomic E-state index is 12.7. The molecule has 0 aliphatic rings. The first kappa shape index (κ1) is 15.6. The Balaban J connectivity index is 1.90. The van der Waals surface area contributed by atoms with Crippen LogP contribution in [-0.4, -0.2) is 11.5 Å². The lowest BCUT2D eigenvalue weighted by Crippen LogP contribution is -2.17. The predicted molar refractivity (Wildman–Crippen MR) is 97.2 cm³/mol. The van der Waals surface area contributed by atoms with Crippen molar-refractivity contribution < 1.29 is 4.79 Å². The summed E-state index contributed by atoms with van der Waals surface area (Å²) in [6, 6.07) is 28.5. The second-order valence-electron chi connectivity index (χ2n) is 5.45. The number of benzene rings is 3. The highest BCUT2D eigenvalue weighted by atomic mass is 32.2. The molecule has 0 saturated carbocycles. The maximum atomic E-state index is 12.7. The lowest BCUT2D eigenvalue weighted by molar-refractivity contribution is 0.102. The Morgan fingerprint density at radius 3 is 1.70 bits per heavy atom. The van der Waals surface area contributed by atoms with E-state index >= 15 is 0 Å². The molecule has 3 aromatic rings. The fraction of sp³-hybridized carbons (Fsp3) is 0.0952. The molecule has 0 atom stereocenters. The van der Waals surface area contributed by atoms with Crippen LogP contribution in [0.15, 0.2) is 94.7 Å². The summed E-state index contributed by atoms with van der Waals surface area (Å²) in [7, 11) is -0.237. The molecule has 0 unspecified atom stereocenters. The smallest absolute Gasteiger partial charge is 0.212 e. The zero-order valence-corrected chi connectivity index (χ0v) is 13.9. The van der Waals surface area contributed by atoms with Gasteiger partial charge in [-0.15, -0.1) is 0 Å². The van der Waals surface area contributed by atoms with Crippen LogP contribution < -0.4 is 0 Å². The molecule has 0 N–H and O–H groups in total. The van der Waals surface area contributed by atoms with Gasteiger partial charge >= 0.3 is 0 Å². The minimum Gasteiger partial charge on any atom is -0.289 e. The van der Waals surface area contributed by atoms with Crippen molar-refractivity contribution in [3.63, 3.8) is 0 Å². The summed E-state index contributed by atoms with van der Waals surface area (Å²) in [4.78, 5) is 15.1. The highest BCUT2D eigenvalue weighted by Crippen LogP contribution is 2.24. The number of carbonyl (C=O) groups excluding carboxylic acids is 1. The fourth-order valence-corrected chi connectivity index (χ4v) is 4.43. The molecule has 114 valence electrons. The van der Waals surface area contributed by atoms with Crippen LogP contribution in [0, 0.1) is 6.92 Å². The van der Waals surface area contributed by atoms with Crippen molar-refractivity contribution in [2.75, 3.05) is 5.75 Å². The average Bonchev–Trinajstić information content (AvgIpc) is 2.61. The third-order valence-electron chi connectivity index (χ3n) is 3.70. The zero-order valence-electron chi connectivity index (χ0n) is 13.1. The van der Waals surface area contributed by atoms with Gasteiger partial charge in [0.1, 0.15) is 0 Å². The second kappa shape index (κ2) is 7.30. The molecule has 2 heteroatoms. The van der Waals surface area contributed by atoms with Crippen LogP contribution in [-0.2, 0) is 10.9 Å². The van der Waals surface area contributed by atoms with E-state index in [9.17, 15) is 4.79 Å². The Hall–Kier alpha value is -2.32. The van der Waals surface area contributed by atoms with Gasteiger partial charge in [0.05, 0.1) is 10.9 Å². The summed E-state index contributed by atoms with van der Waals surface area (Å²) >= 11 is 0. The normalized spacial score (nSPS) is 10.7. The first-order valence-corrected chi connectivity index (χ1v) is 9.04. The van der Waals surface area contributed by atoms with Crippen LogP contribution in [0.2, 0.25) is 0 Å². The van der Waals surface area contributed by atoms with Gasteiger partial charge in [0.2, 0.25) is 5.78 Å². The Bertz CT molecular complexity index is 724. The van der Waals surface area contributed by atoms with Crippen molar-refractivity contribution in [2.24, 2.45) is 0 Å². The summed E-state index contributed by atoms with van der Waals surface area (Å²) in [5, 5.41) is 0. The molecule has 0 aliphatic heterocycles. The number of Topliss-reactive ketones (excluding diaryl/α,β-unsaturated/α-hetero) is 1. The van der Waals surface area contributed by atoms with E-state index < -0.39 is 0 Å². The molecule has 0 amide bonds. The minimum atomic E-state index is -0.237. The van der Waals surface area contributed by atoms with E-state index in [0.717, 1.165) is 5.56 Å². The topological polar surface area (TPSA) is 17.1 Å². The molecule has 0 radical (unpaired) electrons. The molecule has 3 aromatic carbocycles. The number of ketones is 1. The molecule has 1 nitrogen and oxygen atoms in total. The third-order valence-corrected chi connectivity index (χ3v) is 5.94. The summed E-state index contributed by atoms with van der Waals surface area (Å²) in [5.41, 5.74) is 1.96. The molecule has 0 heterocycles. The van der Waals surface area contributed by atoms with Crippen LogP contribution in [0.1, 0.15) is 15.9 Å². The van der Waals surface area contributed by atoms with E-state index in [4.69, 9.17) is 0 Å². The quantitative estimate of drug-likeness (QED) is 0.482. The standard InChI is InChI=1S/C21H19OS/c1-17-12-14-18(15-13-17)21(22)16-23(19-8-4-2-5-9-19)20-10-6-3-7-11-20/h2-15H,16H2,1H3/q+1. The molecule has 3 rings (SSSR count). The van der Waals surface area contributed by atoms with Gasteiger partial charge in [0, 0.05) is 5.56 Å². The van der Waals surface area contributed by atoms with Crippen molar-refractivity contribution in [1.82, 2.24) is 0 Å². The number of rotatable bonds is 5. The molecule has 0 spiro atoms. The summed E-state index contributed by atoms with van der Waals surface area (Å²) in [5.74, 6) is 0.706. The molecular weight excluding hydrogens is 300 g/mol. The number of hydrogen-bond donors (Lipinski definition) is 0. The highest BCUT2D eigenvalue weighted by Gasteiger charge is 2.28. The molecule has 0 saturated heterocycles. The second-order valence-corrected chi connectivity index (χ2v) is 7.46. The van der Waals surface area contributed by atoms with Crippen LogP contribution in [0.5, 0.6) is 0 Å². The third kappa shape index (κ3) is 3.91. The molecule has 0 bridgehead atoms. The van der Waals surface area contributed by atoms with Crippen molar-refractivity contribution in [1.29, 1.82) is 0 Å². The van der Waals surface area contributed by atoms with Crippen LogP contribution in [0.25, 0.3) is 0 Å². The van der Waals surface area contributed by atoms with Crippen molar-refractivity contribution in [3.05, 3.63) is 96.1 Å². The fourth-order valence-electron chi connectivity index (χ4n) is 2.43. The van der Waals surface area contributed by atoms with E-state index in [2.05, 4.69) is 24.3 Å². The Labute approximate surface area is 140 Å². The van der Waals surface area contributed by atoms with Crippen molar-refractivity contribution in [3.8, 4) is 0 Å². The first-order valence-electron chi connectivity index (χ1n) is 7.65. The number of carbonyl (C=O) groups is 1. The van der Waals surface area contributed by atoms with E-state index in [-0.39, 0.29) is 16.7 Å². The van der Waals surface area contributed by atoms with E-state index in [1.54, 1.807) is 0 Å². The van der Waals surface area contributed by atoms with Gasteiger partial charge in [-0.2, -0.15) is 0 Å². The van der Waals surface area contributed by atoms with E-state index in [1.165, 1.54) is 15.4 Å². The van der Waals surface area contributed by atoms with E-state index in [1.807, 2.05) is 67.6 Å². The van der Waals surface area contributed by atoms with Crippen LogP contribution in [0.3, 0.4) is 0 Å². The minimum absolute atomic E-state index is 0.195. The molecule has 23 heavy (non-hydrogen) atoms. The highest BCUT2D eigenvalue weighted by molar-refractivity contribution is 7.97. The Morgan fingerprint density at radius 1 is 0.739 bits per heavy atom. The number of hydrogen-bond acceptors (Lipinski definition) is 1. The monoisotopic (exact) mass is 319 g/mol. The largest absolute Gasteiger partial charge is 0.289 e. The van der Waals surface area contributed by atoms with Gasteiger partial charge in [0.25, 0.3) is 0 Å². The predicted octanol–water partition coefficient (Wildman–Crippen LogP) is 4.91. The maximum Gasteiger partial charge on any atom is 0.212 e. The zero-order chi connectivity index (χ0) is 16.1. The van der Waals surface area contributed by atoms with Gasteiger partial charge in [0.15, 0.2) is 15.5 Å². The lowest BCUT2D eigenvalue weighted by Gasteiger charge is -2.08. The van der Waals surface area contributed by atoms with Gasteiger partial charge in [-0.25, -0.2) is 0 Å². The van der Waals surface area contributed by atoms with Gasteiger partial charge < -0.3 is 0 Å². The van der Waals surface area contributed by atoms with Gasteiger partial charge in [-0.3, -0.25) is 4.79 Å². The van der Waals surface area contributed by atoms with Gasteiger partial charge in [-0.05, 0) is 31.2 Å². The van der Waals surface area contributed by atoms with Crippen molar-refractivity contribution in [2.45, 2.75) is 16.7 Å². The molecule has 0 aromatic heterocycles. The lowest BCUT2D eigenvalue weighted by atomic mass is 10.1. The molecule has 0 aliphatic carbocycles. The van der Waals surface area contributed by atoms with Gasteiger partial charge in [-0.1, -0.05) is 66.2 Å². The summed E-state index contributed by atoms with van der Waals surface area (Å²) < 4.78 is 0. The van der Waals surface area contributed by atoms with E-state index in [0.29, 0.717) is 5.75 Å². The van der Waals surface area contributed by atoms with Crippen LogP contribution in [0.4, 0.5) is 0 Å². The molecular formula is C21H19OS+.